The number of H-pyrrole nitrogens is 1. The van der Waals surface area contributed by atoms with Gasteiger partial charge in [0.25, 0.3) is 6.47 Å². The molecular weight excluding hydrogens is 624 g/mol. The summed E-state index contributed by atoms with van der Waals surface area (Å²) in [7, 11) is 0. The van der Waals surface area contributed by atoms with Crippen LogP contribution in [0.5, 0.6) is 0 Å². The van der Waals surface area contributed by atoms with Gasteiger partial charge in [0, 0.05) is 43.7 Å². The largest absolute Gasteiger partial charge is 0.457 e. The highest BCUT2D eigenvalue weighted by Crippen LogP contribution is 2.40. The van der Waals surface area contributed by atoms with Crippen molar-refractivity contribution in [2.24, 2.45) is 0 Å². The van der Waals surface area contributed by atoms with E-state index in [1.165, 1.54) is 0 Å². The summed E-state index contributed by atoms with van der Waals surface area (Å²) < 4.78 is 13.3. The minimum Gasteiger partial charge on any atom is -0.457 e. The van der Waals surface area contributed by atoms with Crippen LogP contribution in [0.3, 0.4) is 0 Å². The number of fused-ring (bicyclic) bond motifs is 1. The molecule has 1 fully saturated rings. The molecule has 0 amide bonds. The molecule has 6 aromatic rings. The number of aliphatic hydroxyl groups excluding tert-OH is 1. The van der Waals surface area contributed by atoms with E-state index in [2.05, 4.69) is 60.0 Å². The Balaban J connectivity index is 1.24. The van der Waals surface area contributed by atoms with Crippen molar-refractivity contribution in [1.82, 2.24) is 39.7 Å². The van der Waals surface area contributed by atoms with Crippen LogP contribution in [-0.4, -0.2) is 76.6 Å². The average molecular weight is 661 g/mol. The number of rotatable bonds is 14. The predicted octanol–water partition coefficient (Wildman–Crippen LogP) is 3.97. The molecule has 4 N–H and O–H groups in total. The molecule has 0 spiro atoms. The molecule has 0 saturated carbocycles. The Morgan fingerprint density at radius 1 is 0.980 bits per heavy atom. The highest BCUT2D eigenvalue weighted by Gasteiger charge is 2.49. The maximum absolute atomic E-state index is 11.6. The second-order valence-corrected chi connectivity index (χ2v) is 11.6. The zero-order valence-corrected chi connectivity index (χ0v) is 26.8. The van der Waals surface area contributed by atoms with Gasteiger partial charge in [-0.15, -0.1) is 10.2 Å². The number of carbonyl (C=O) groups is 1. The van der Waals surface area contributed by atoms with Crippen LogP contribution in [0.25, 0.3) is 11.2 Å². The number of ether oxygens (including phenoxy) is 2. The Labute approximate surface area is 282 Å². The molecule has 1 aliphatic rings. The van der Waals surface area contributed by atoms with Crippen LogP contribution >= 0.6 is 0 Å². The molecule has 250 valence electrons. The molecule has 0 bridgehead atoms. The van der Waals surface area contributed by atoms with Crippen molar-refractivity contribution in [1.29, 1.82) is 0 Å². The molecular formula is C35H36N10O4. The number of hydrogen-bond acceptors (Lipinski definition) is 12. The molecule has 7 rings (SSSR count). The van der Waals surface area contributed by atoms with Gasteiger partial charge in [0.1, 0.15) is 18.0 Å². The Morgan fingerprint density at radius 3 is 2.41 bits per heavy atom. The van der Waals surface area contributed by atoms with E-state index in [0.717, 1.165) is 16.8 Å². The third-order valence-corrected chi connectivity index (χ3v) is 8.55. The fourth-order valence-electron chi connectivity index (χ4n) is 6.06. The summed E-state index contributed by atoms with van der Waals surface area (Å²) in [5.41, 5.74) is 4.13. The molecule has 0 aliphatic carbocycles. The smallest absolute Gasteiger partial charge is 0.293 e. The molecule has 4 aromatic heterocycles. The minimum absolute atomic E-state index is 0.0180. The summed E-state index contributed by atoms with van der Waals surface area (Å²) in [5.74, 6) is 1.85. The molecule has 4 atom stereocenters. The van der Waals surface area contributed by atoms with Crippen molar-refractivity contribution in [2.45, 2.75) is 50.2 Å². The number of aryl methyl sites for hydroxylation is 1. The Morgan fingerprint density at radius 2 is 1.73 bits per heavy atom. The van der Waals surface area contributed by atoms with Crippen molar-refractivity contribution >= 4 is 29.4 Å². The molecule has 1 saturated heterocycles. The van der Waals surface area contributed by atoms with Gasteiger partial charge < -0.3 is 30.2 Å². The Bertz CT molecular complexity index is 1930. The first-order chi connectivity index (χ1) is 24.1. The Kier molecular flexibility index (Phi) is 9.48. The molecule has 0 unspecified atom stereocenters. The summed E-state index contributed by atoms with van der Waals surface area (Å²) in [5, 5.41) is 26.4. The standard InChI is InChI=1S/C35H36N10O4/c1-2-26-40-32(44-43-26)29-28(47)30(48-21-46)34(49-29)45-20-39-27-31(41-35(42-33(27)45)37-18-16-24-15-9-10-17-36-24)38-19-25(22-11-5-3-6-12-22)23-13-7-4-8-14-23/h3-15,17,20-21,25,28-30,34,47H,2,16,18-19H2,1H3,(H,40,43,44)(H2,37,38,41,42)/t28-,29+,30-,34-/m1/s1. The lowest BCUT2D eigenvalue weighted by molar-refractivity contribution is -0.142. The number of imidazole rings is 1. The van der Waals surface area contributed by atoms with Crippen LogP contribution in [0.15, 0.2) is 91.4 Å². The molecule has 14 heteroatoms. The third-order valence-electron chi connectivity index (χ3n) is 8.55. The van der Waals surface area contributed by atoms with Crippen LogP contribution in [0.1, 0.15) is 53.6 Å². The van der Waals surface area contributed by atoms with E-state index in [0.29, 0.717) is 67.0 Å². The molecule has 1 aliphatic heterocycles. The summed E-state index contributed by atoms with van der Waals surface area (Å²) in [6, 6.07) is 26.4. The first-order valence-corrected chi connectivity index (χ1v) is 16.2. The van der Waals surface area contributed by atoms with Crippen LogP contribution in [-0.2, 0) is 27.1 Å². The number of nitrogens with one attached hydrogen (secondary N) is 3. The highest BCUT2D eigenvalue weighted by molar-refractivity contribution is 5.84. The number of aromatic nitrogens is 8. The number of pyridine rings is 1. The minimum atomic E-state index is -1.24. The third kappa shape index (κ3) is 6.82. The zero-order chi connectivity index (χ0) is 33.6. The first kappa shape index (κ1) is 31.8. The van der Waals surface area contributed by atoms with Gasteiger partial charge in [0.05, 0.1) is 6.33 Å². The van der Waals surface area contributed by atoms with Crippen molar-refractivity contribution < 1.29 is 19.4 Å². The number of anilines is 2. The maximum atomic E-state index is 11.6. The summed E-state index contributed by atoms with van der Waals surface area (Å²) in [4.78, 5) is 33.5. The lowest BCUT2D eigenvalue weighted by Crippen LogP contribution is -2.32. The summed E-state index contributed by atoms with van der Waals surface area (Å²) in [6.07, 6.45) is 0.354. The van der Waals surface area contributed by atoms with E-state index in [4.69, 9.17) is 19.4 Å². The van der Waals surface area contributed by atoms with Gasteiger partial charge in [-0.1, -0.05) is 73.7 Å². The second kappa shape index (κ2) is 14.6. The van der Waals surface area contributed by atoms with E-state index in [-0.39, 0.29) is 5.92 Å². The number of nitrogens with zero attached hydrogens (tertiary/aromatic N) is 7. The van der Waals surface area contributed by atoms with Gasteiger partial charge >= 0.3 is 0 Å². The molecule has 0 radical (unpaired) electrons. The van der Waals surface area contributed by atoms with Gasteiger partial charge in [-0.2, -0.15) is 9.97 Å². The molecule has 14 nitrogen and oxygen atoms in total. The van der Waals surface area contributed by atoms with Crippen LogP contribution in [0, 0.1) is 0 Å². The van der Waals surface area contributed by atoms with E-state index in [9.17, 15) is 9.90 Å². The SMILES string of the molecule is CCc1nnc([C@H]2O[C@@H](n3cnc4c(NCC(c5ccccc5)c5ccccc5)nc(NCCc5ccccn5)nc43)[C@H](OC=O)[C@@H]2O)[nH]1. The van der Waals surface area contributed by atoms with Crippen LogP contribution in [0.2, 0.25) is 0 Å². The van der Waals surface area contributed by atoms with Gasteiger partial charge in [0.2, 0.25) is 5.95 Å². The van der Waals surface area contributed by atoms with Gasteiger partial charge in [-0.3, -0.25) is 14.3 Å². The van der Waals surface area contributed by atoms with Gasteiger partial charge in [0.15, 0.2) is 35.1 Å². The lowest BCUT2D eigenvalue weighted by Gasteiger charge is -2.21. The van der Waals surface area contributed by atoms with Crippen molar-refractivity contribution in [3.05, 3.63) is 120 Å². The van der Waals surface area contributed by atoms with Gasteiger partial charge in [-0.05, 0) is 23.3 Å². The normalized spacial score (nSPS) is 18.9. The lowest BCUT2D eigenvalue weighted by atomic mass is 9.91. The number of carbonyl (C=O) groups excluding carboxylic acids is 1. The highest BCUT2D eigenvalue weighted by atomic mass is 16.6. The van der Waals surface area contributed by atoms with E-state index in [1.54, 1.807) is 17.1 Å². The average Bonchev–Trinajstić information content (AvgIpc) is 3.88. The van der Waals surface area contributed by atoms with E-state index >= 15 is 0 Å². The quantitative estimate of drug-likeness (QED) is 0.124. The summed E-state index contributed by atoms with van der Waals surface area (Å²) >= 11 is 0. The monoisotopic (exact) mass is 660 g/mol. The van der Waals surface area contributed by atoms with Gasteiger partial charge in [-0.25, -0.2) is 4.98 Å². The van der Waals surface area contributed by atoms with Crippen molar-refractivity contribution in [3.63, 3.8) is 0 Å². The molecule has 5 heterocycles. The van der Waals surface area contributed by atoms with E-state index in [1.807, 2.05) is 61.5 Å². The number of aromatic amines is 1. The van der Waals surface area contributed by atoms with E-state index < -0.39 is 24.5 Å². The predicted molar refractivity (Wildman–Crippen MR) is 181 cm³/mol. The number of benzene rings is 2. The fourth-order valence-corrected chi connectivity index (χ4v) is 6.06. The van der Waals surface area contributed by atoms with Crippen LogP contribution in [0.4, 0.5) is 11.8 Å². The topological polar surface area (TPSA) is 178 Å². The molecule has 49 heavy (non-hydrogen) atoms. The maximum Gasteiger partial charge on any atom is 0.293 e. The molecule has 2 aromatic carbocycles. The number of hydrogen-bond donors (Lipinski definition) is 4. The van der Waals surface area contributed by atoms with Crippen LogP contribution < -0.4 is 10.6 Å². The second-order valence-electron chi connectivity index (χ2n) is 11.6. The first-order valence-electron chi connectivity index (χ1n) is 16.2. The van der Waals surface area contributed by atoms with Crippen molar-refractivity contribution in [2.75, 3.05) is 23.7 Å². The Hall–Kier alpha value is -5.73. The van der Waals surface area contributed by atoms with Crippen molar-refractivity contribution in [3.8, 4) is 0 Å². The fraction of sp³-hybridized carbons (Fsp3) is 0.286. The summed E-state index contributed by atoms with van der Waals surface area (Å²) in [6.45, 7) is 3.27. The zero-order valence-electron chi connectivity index (χ0n) is 26.8. The number of aliphatic hydroxyl groups is 1.